The SMILES string of the molecule is Cc1ccc(N2CCCCC2)cc1NC(=O)c1ccncc1. The highest BCUT2D eigenvalue weighted by Crippen LogP contribution is 2.26. The lowest BCUT2D eigenvalue weighted by Crippen LogP contribution is -2.29. The van der Waals surface area contributed by atoms with Gasteiger partial charge in [-0.3, -0.25) is 9.78 Å². The number of anilines is 2. The number of amides is 1. The number of aromatic nitrogens is 1. The Morgan fingerprint density at radius 1 is 1.09 bits per heavy atom. The van der Waals surface area contributed by atoms with Crippen LogP contribution < -0.4 is 10.2 Å². The summed E-state index contributed by atoms with van der Waals surface area (Å²) in [7, 11) is 0. The summed E-state index contributed by atoms with van der Waals surface area (Å²) in [6.07, 6.45) is 7.06. The zero-order valence-electron chi connectivity index (χ0n) is 12.9. The van der Waals surface area contributed by atoms with Gasteiger partial charge in [0.15, 0.2) is 0 Å². The average Bonchev–Trinajstić information content (AvgIpc) is 2.58. The van der Waals surface area contributed by atoms with Crippen LogP contribution in [0.2, 0.25) is 0 Å². The molecule has 0 atom stereocenters. The quantitative estimate of drug-likeness (QED) is 0.940. The van der Waals surface area contributed by atoms with E-state index in [0.29, 0.717) is 5.56 Å². The number of benzene rings is 1. The Morgan fingerprint density at radius 3 is 2.55 bits per heavy atom. The second-order valence-corrected chi connectivity index (χ2v) is 5.74. The predicted molar refractivity (Wildman–Crippen MR) is 89.4 cm³/mol. The molecule has 0 unspecified atom stereocenters. The van der Waals surface area contributed by atoms with Gasteiger partial charge in [-0.05, 0) is 56.0 Å². The molecule has 2 aromatic rings. The molecule has 1 N–H and O–H groups in total. The van der Waals surface area contributed by atoms with Gasteiger partial charge in [0.2, 0.25) is 0 Å². The van der Waals surface area contributed by atoms with E-state index >= 15 is 0 Å². The van der Waals surface area contributed by atoms with E-state index in [1.165, 1.54) is 24.9 Å². The molecule has 0 aliphatic carbocycles. The molecule has 1 aromatic heterocycles. The van der Waals surface area contributed by atoms with E-state index in [0.717, 1.165) is 24.3 Å². The van der Waals surface area contributed by atoms with Gasteiger partial charge >= 0.3 is 0 Å². The lowest BCUT2D eigenvalue weighted by molar-refractivity contribution is 0.102. The normalized spacial score (nSPS) is 14.7. The van der Waals surface area contributed by atoms with Crippen LogP contribution in [0, 0.1) is 6.92 Å². The van der Waals surface area contributed by atoms with Gasteiger partial charge in [0.25, 0.3) is 5.91 Å². The molecule has 1 fully saturated rings. The monoisotopic (exact) mass is 295 g/mol. The molecule has 1 amide bonds. The average molecular weight is 295 g/mol. The highest BCUT2D eigenvalue weighted by Gasteiger charge is 2.13. The Hall–Kier alpha value is -2.36. The van der Waals surface area contributed by atoms with Crippen molar-refractivity contribution in [3.8, 4) is 0 Å². The molecule has 1 saturated heterocycles. The molecule has 0 radical (unpaired) electrons. The van der Waals surface area contributed by atoms with Crippen molar-refractivity contribution in [3.63, 3.8) is 0 Å². The van der Waals surface area contributed by atoms with Gasteiger partial charge in [-0.1, -0.05) is 6.07 Å². The van der Waals surface area contributed by atoms with Gasteiger partial charge in [-0.2, -0.15) is 0 Å². The molecule has 0 spiro atoms. The highest BCUT2D eigenvalue weighted by molar-refractivity contribution is 6.04. The van der Waals surface area contributed by atoms with E-state index < -0.39 is 0 Å². The van der Waals surface area contributed by atoms with Crippen molar-refractivity contribution in [2.24, 2.45) is 0 Å². The third kappa shape index (κ3) is 3.27. The smallest absolute Gasteiger partial charge is 0.255 e. The second kappa shape index (κ2) is 6.60. The van der Waals surface area contributed by atoms with Crippen LogP contribution in [0.5, 0.6) is 0 Å². The summed E-state index contributed by atoms with van der Waals surface area (Å²) in [5.41, 5.74) is 3.76. The molecule has 4 nitrogen and oxygen atoms in total. The molecule has 0 bridgehead atoms. The van der Waals surface area contributed by atoms with Crippen molar-refractivity contribution in [2.75, 3.05) is 23.3 Å². The lowest BCUT2D eigenvalue weighted by atomic mass is 10.1. The van der Waals surface area contributed by atoms with Crippen molar-refractivity contribution < 1.29 is 4.79 Å². The first-order valence-electron chi connectivity index (χ1n) is 7.81. The zero-order chi connectivity index (χ0) is 15.4. The molecule has 0 saturated carbocycles. The van der Waals surface area contributed by atoms with Crippen molar-refractivity contribution in [3.05, 3.63) is 53.9 Å². The molecule has 3 rings (SSSR count). The third-order valence-corrected chi connectivity index (χ3v) is 4.13. The fourth-order valence-corrected chi connectivity index (χ4v) is 2.79. The molecule has 1 aliphatic rings. The van der Waals surface area contributed by atoms with Crippen molar-refractivity contribution >= 4 is 17.3 Å². The summed E-state index contributed by atoms with van der Waals surface area (Å²) in [4.78, 5) is 18.6. The number of carbonyl (C=O) groups is 1. The standard InChI is InChI=1S/C18H21N3O/c1-14-5-6-16(21-11-3-2-4-12-21)13-17(14)20-18(22)15-7-9-19-10-8-15/h5-10,13H,2-4,11-12H2,1H3,(H,20,22). The molecule has 4 heteroatoms. The summed E-state index contributed by atoms with van der Waals surface area (Å²) >= 11 is 0. The fourth-order valence-electron chi connectivity index (χ4n) is 2.79. The maximum absolute atomic E-state index is 12.3. The van der Waals surface area contributed by atoms with Gasteiger partial charge < -0.3 is 10.2 Å². The number of hydrogen-bond donors (Lipinski definition) is 1. The van der Waals surface area contributed by atoms with Gasteiger partial charge in [0.05, 0.1) is 0 Å². The van der Waals surface area contributed by atoms with Gasteiger partial charge in [0.1, 0.15) is 0 Å². The first-order valence-corrected chi connectivity index (χ1v) is 7.81. The number of piperidine rings is 1. The van der Waals surface area contributed by atoms with Crippen LogP contribution in [0.25, 0.3) is 0 Å². The highest BCUT2D eigenvalue weighted by atomic mass is 16.1. The maximum Gasteiger partial charge on any atom is 0.255 e. The summed E-state index contributed by atoms with van der Waals surface area (Å²) < 4.78 is 0. The van der Waals surface area contributed by atoms with E-state index in [2.05, 4.69) is 33.4 Å². The van der Waals surface area contributed by atoms with Crippen molar-refractivity contribution in [1.82, 2.24) is 4.98 Å². The fraction of sp³-hybridized carbons (Fsp3) is 0.333. The summed E-state index contributed by atoms with van der Waals surface area (Å²) in [5, 5.41) is 3.01. The summed E-state index contributed by atoms with van der Waals surface area (Å²) in [6.45, 7) is 4.21. The molecule has 2 heterocycles. The largest absolute Gasteiger partial charge is 0.371 e. The molecule has 1 aliphatic heterocycles. The predicted octanol–water partition coefficient (Wildman–Crippen LogP) is 3.63. The van der Waals surface area contributed by atoms with Crippen molar-refractivity contribution in [2.45, 2.75) is 26.2 Å². The molecular weight excluding hydrogens is 274 g/mol. The second-order valence-electron chi connectivity index (χ2n) is 5.74. The minimum Gasteiger partial charge on any atom is -0.371 e. The Balaban J connectivity index is 1.79. The van der Waals surface area contributed by atoms with Crippen LogP contribution in [0.4, 0.5) is 11.4 Å². The van der Waals surface area contributed by atoms with Crippen molar-refractivity contribution in [1.29, 1.82) is 0 Å². The minimum atomic E-state index is -0.0960. The lowest BCUT2D eigenvalue weighted by Gasteiger charge is -2.29. The van der Waals surface area contributed by atoms with E-state index in [-0.39, 0.29) is 5.91 Å². The van der Waals surface area contributed by atoms with Gasteiger partial charge in [-0.25, -0.2) is 0 Å². The van der Waals surface area contributed by atoms with Crippen LogP contribution in [0.15, 0.2) is 42.7 Å². The van der Waals surface area contributed by atoms with Crippen LogP contribution in [0.1, 0.15) is 35.2 Å². The minimum absolute atomic E-state index is 0.0960. The molecular formula is C18H21N3O. The number of nitrogens with zero attached hydrogens (tertiary/aromatic N) is 2. The number of pyridine rings is 1. The molecule has 1 aromatic carbocycles. The summed E-state index contributed by atoms with van der Waals surface area (Å²) in [6, 6.07) is 9.74. The summed E-state index contributed by atoms with van der Waals surface area (Å²) in [5.74, 6) is -0.0960. The maximum atomic E-state index is 12.3. The van der Waals surface area contributed by atoms with Crippen LogP contribution in [-0.2, 0) is 0 Å². The zero-order valence-corrected chi connectivity index (χ0v) is 12.9. The topological polar surface area (TPSA) is 45.2 Å². The Kier molecular flexibility index (Phi) is 4.37. The Morgan fingerprint density at radius 2 is 1.82 bits per heavy atom. The Bertz CT molecular complexity index is 649. The number of aryl methyl sites for hydroxylation is 1. The number of nitrogens with one attached hydrogen (secondary N) is 1. The number of rotatable bonds is 3. The number of hydrogen-bond acceptors (Lipinski definition) is 3. The molecule has 22 heavy (non-hydrogen) atoms. The molecule has 114 valence electrons. The van der Waals surface area contributed by atoms with Crippen LogP contribution >= 0.6 is 0 Å². The van der Waals surface area contributed by atoms with E-state index in [1.54, 1.807) is 24.5 Å². The van der Waals surface area contributed by atoms with Gasteiger partial charge in [0, 0.05) is 42.4 Å². The van der Waals surface area contributed by atoms with Crippen LogP contribution in [0.3, 0.4) is 0 Å². The van der Waals surface area contributed by atoms with E-state index in [9.17, 15) is 4.79 Å². The first kappa shape index (κ1) is 14.6. The van der Waals surface area contributed by atoms with Gasteiger partial charge in [-0.15, -0.1) is 0 Å². The van der Waals surface area contributed by atoms with E-state index in [1.807, 2.05) is 6.92 Å². The third-order valence-electron chi connectivity index (χ3n) is 4.13. The number of carbonyl (C=O) groups excluding carboxylic acids is 1. The van der Waals surface area contributed by atoms with Crippen LogP contribution in [-0.4, -0.2) is 24.0 Å². The Labute approximate surface area is 131 Å². The van der Waals surface area contributed by atoms with E-state index in [4.69, 9.17) is 0 Å². The first-order chi connectivity index (χ1) is 10.7.